The normalized spacial score (nSPS) is 17.6. The average molecular weight is 280 g/mol. The van der Waals surface area contributed by atoms with Crippen molar-refractivity contribution in [3.63, 3.8) is 0 Å². The molecule has 2 heterocycles. The Morgan fingerprint density at radius 1 is 1.25 bits per heavy atom. The summed E-state index contributed by atoms with van der Waals surface area (Å²) >= 11 is 0. The van der Waals surface area contributed by atoms with Crippen molar-refractivity contribution >= 4 is 5.91 Å². The van der Waals surface area contributed by atoms with Crippen LogP contribution in [-0.2, 0) is 16.9 Å². The molecule has 0 spiro atoms. The lowest BCUT2D eigenvalue weighted by atomic mass is 10.1. The van der Waals surface area contributed by atoms with Crippen molar-refractivity contribution in [1.29, 1.82) is 0 Å². The van der Waals surface area contributed by atoms with Crippen molar-refractivity contribution < 1.29 is 9.90 Å². The van der Waals surface area contributed by atoms with E-state index in [0.717, 1.165) is 25.9 Å². The average Bonchev–Trinajstić information content (AvgIpc) is 2.76. The lowest BCUT2D eigenvalue weighted by molar-refractivity contribution is -0.132. The monoisotopic (exact) mass is 280 g/mol. The Labute approximate surface area is 119 Å². The number of amides is 1. The molecule has 1 fully saturated rings. The number of aliphatic hydroxyl groups is 1. The molecular formula is C14H24N4O2. The molecule has 1 N–H and O–H groups in total. The summed E-state index contributed by atoms with van der Waals surface area (Å²) in [5.74, 6) is 0.0825. The fourth-order valence-electron chi connectivity index (χ4n) is 2.39. The molecule has 1 amide bonds. The van der Waals surface area contributed by atoms with Gasteiger partial charge < -0.3 is 10.0 Å². The lowest BCUT2D eigenvalue weighted by Gasteiger charge is -2.24. The Kier molecular flexibility index (Phi) is 4.75. The summed E-state index contributed by atoms with van der Waals surface area (Å²) in [4.78, 5) is 14.2. The van der Waals surface area contributed by atoms with Gasteiger partial charge in [-0.1, -0.05) is 24.5 Å². The maximum absolute atomic E-state index is 12.3. The third-order valence-corrected chi connectivity index (χ3v) is 3.67. The minimum absolute atomic E-state index is 0.0825. The van der Waals surface area contributed by atoms with Crippen molar-refractivity contribution in [2.45, 2.75) is 58.1 Å². The Balaban J connectivity index is 1.94. The summed E-state index contributed by atoms with van der Waals surface area (Å²) in [6.07, 6.45) is 7.49. The molecule has 112 valence electrons. The van der Waals surface area contributed by atoms with E-state index in [2.05, 4.69) is 10.3 Å². The summed E-state index contributed by atoms with van der Waals surface area (Å²) in [7, 11) is 0. The molecule has 0 aromatic carbocycles. The van der Waals surface area contributed by atoms with Gasteiger partial charge in [0.1, 0.15) is 17.8 Å². The van der Waals surface area contributed by atoms with Gasteiger partial charge >= 0.3 is 0 Å². The third-order valence-electron chi connectivity index (χ3n) is 3.67. The van der Waals surface area contributed by atoms with Crippen molar-refractivity contribution in [2.75, 3.05) is 13.1 Å². The molecule has 0 saturated carbocycles. The minimum atomic E-state index is -1.03. The first kappa shape index (κ1) is 15.0. The van der Waals surface area contributed by atoms with Gasteiger partial charge in [-0.15, -0.1) is 5.10 Å². The van der Waals surface area contributed by atoms with E-state index in [-0.39, 0.29) is 12.5 Å². The van der Waals surface area contributed by atoms with Crippen LogP contribution in [-0.4, -0.2) is 44.0 Å². The zero-order valence-corrected chi connectivity index (χ0v) is 12.4. The van der Waals surface area contributed by atoms with Crippen LogP contribution in [0.1, 0.15) is 51.6 Å². The molecule has 0 bridgehead atoms. The number of rotatable bonds is 3. The van der Waals surface area contributed by atoms with Crippen LogP contribution in [0.4, 0.5) is 0 Å². The van der Waals surface area contributed by atoms with Crippen LogP contribution in [0.25, 0.3) is 0 Å². The zero-order valence-electron chi connectivity index (χ0n) is 12.4. The topological polar surface area (TPSA) is 71.2 Å². The first-order valence-corrected chi connectivity index (χ1v) is 7.37. The highest BCUT2D eigenvalue weighted by Crippen LogP contribution is 2.16. The number of hydrogen-bond acceptors (Lipinski definition) is 4. The van der Waals surface area contributed by atoms with E-state index >= 15 is 0 Å². The van der Waals surface area contributed by atoms with Crippen molar-refractivity contribution in [3.8, 4) is 0 Å². The molecule has 1 saturated heterocycles. The van der Waals surface area contributed by atoms with Crippen LogP contribution < -0.4 is 0 Å². The number of likely N-dealkylation sites (tertiary alicyclic amines) is 1. The fourth-order valence-corrected chi connectivity index (χ4v) is 2.39. The molecule has 0 atom stereocenters. The van der Waals surface area contributed by atoms with Crippen molar-refractivity contribution in [3.05, 3.63) is 11.9 Å². The SMILES string of the molecule is CC(C)(O)c1cn(CC(=O)N2CCCCCCC2)nn1. The van der Waals surface area contributed by atoms with Crippen molar-refractivity contribution in [1.82, 2.24) is 19.9 Å². The van der Waals surface area contributed by atoms with Gasteiger partial charge in [0.05, 0.1) is 6.20 Å². The maximum atomic E-state index is 12.3. The highest BCUT2D eigenvalue weighted by molar-refractivity contribution is 5.75. The number of nitrogens with zero attached hydrogens (tertiary/aromatic N) is 4. The van der Waals surface area contributed by atoms with Crippen molar-refractivity contribution in [2.24, 2.45) is 0 Å². The molecule has 1 aliphatic heterocycles. The molecule has 1 aromatic heterocycles. The predicted molar refractivity (Wildman–Crippen MR) is 74.9 cm³/mol. The number of carbonyl (C=O) groups is 1. The number of hydrogen-bond donors (Lipinski definition) is 1. The maximum Gasteiger partial charge on any atom is 0.244 e. The molecule has 0 unspecified atom stereocenters. The van der Waals surface area contributed by atoms with Gasteiger partial charge in [0, 0.05) is 13.1 Å². The highest BCUT2D eigenvalue weighted by Gasteiger charge is 2.21. The summed E-state index contributed by atoms with van der Waals surface area (Å²) < 4.78 is 1.51. The molecule has 0 aliphatic carbocycles. The molecule has 1 aliphatic rings. The van der Waals surface area contributed by atoms with Gasteiger partial charge in [-0.25, -0.2) is 4.68 Å². The first-order chi connectivity index (χ1) is 9.47. The van der Waals surface area contributed by atoms with Crippen LogP contribution >= 0.6 is 0 Å². The Hall–Kier alpha value is -1.43. The van der Waals surface area contributed by atoms with E-state index in [1.54, 1.807) is 20.0 Å². The third kappa shape index (κ3) is 4.03. The van der Waals surface area contributed by atoms with Gasteiger partial charge in [-0.05, 0) is 26.7 Å². The second kappa shape index (κ2) is 6.35. The van der Waals surface area contributed by atoms with Gasteiger partial charge in [0.15, 0.2) is 0 Å². The zero-order chi connectivity index (χ0) is 14.6. The van der Waals surface area contributed by atoms with Gasteiger partial charge in [0.25, 0.3) is 0 Å². The quantitative estimate of drug-likeness (QED) is 0.906. The molecule has 0 radical (unpaired) electrons. The molecule has 2 rings (SSSR count). The van der Waals surface area contributed by atoms with E-state index in [9.17, 15) is 9.90 Å². The Morgan fingerprint density at radius 3 is 2.40 bits per heavy atom. The molecule has 1 aromatic rings. The summed E-state index contributed by atoms with van der Waals surface area (Å²) in [6, 6.07) is 0. The molecule has 20 heavy (non-hydrogen) atoms. The fraction of sp³-hybridized carbons (Fsp3) is 0.786. The summed E-state index contributed by atoms with van der Waals surface area (Å²) in [5, 5.41) is 17.7. The lowest BCUT2D eigenvalue weighted by Crippen LogP contribution is -2.36. The van der Waals surface area contributed by atoms with Crippen LogP contribution in [0.3, 0.4) is 0 Å². The summed E-state index contributed by atoms with van der Waals surface area (Å²) in [5.41, 5.74) is -0.542. The standard InChI is InChI=1S/C14H24N4O2/c1-14(2,20)12-10-18(16-15-12)11-13(19)17-8-6-4-3-5-7-9-17/h10,20H,3-9,11H2,1-2H3. The van der Waals surface area contributed by atoms with E-state index < -0.39 is 5.60 Å². The summed E-state index contributed by atoms with van der Waals surface area (Å²) in [6.45, 7) is 5.18. The second-order valence-corrected chi connectivity index (χ2v) is 6.01. The molecule has 6 heteroatoms. The van der Waals surface area contributed by atoms with Crippen LogP contribution in [0.2, 0.25) is 0 Å². The number of carbonyl (C=O) groups excluding carboxylic acids is 1. The predicted octanol–water partition coefficient (Wildman–Crippen LogP) is 1.30. The largest absolute Gasteiger partial charge is 0.384 e. The van der Waals surface area contributed by atoms with E-state index in [1.807, 2.05) is 4.90 Å². The van der Waals surface area contributed by atoms with Gasteiger partial charge in [-0.2, -0.15) is 0 Å². The van der Waals surface area contributed by atoms with E-state index in [1.165, 1.54) is 23.9 Å². The van der Waals surface area contributed by atoms with Crippen LogP contribution in [0, 0.1) is 0 Å². The molecule has 6 nitrogen and oxygen atoms in total. The smallest absolute Gasteiger partial charge is 0.244 e. The first-order valence-electron chi connectivity index (χ1n) is 7.37. The van der Waals surface area contributed by atoms with Gasteiger partial charge in [0.2, 0.25) is 5.91 Å². The van der Waals surface area contributed by atoms with E-state index in [4.69, 9.17) is 0 Å². The Bertz CT molecular complexity index is 442. The van der Waals surface area contributed by atoms with E-state index in [0.29, 0.717) is 5.69 Å². The molecular weight excluding hydrogens is 256 g/mol. The highest BCUT2D eigenvalue weighted by atomic mass is 16.3. The second-order valence-electron chi connectivity index (χ2n) is 6.01. The number of aromatic nitrogens is 3. The van der Waals surface area contributed by atoms with Gasteiger partial charge in [-0.3, -0.25) is 4.79 Å². The van der Waals surface area contributed by atoms with Crippen LogP contribution in [0.5, 0.6) is 0 Å². The Morgan fingerprint density at radius 2 is 1.85 bits per heavy atom. The minimum Gasteiger partial charge on any atom is -0.384 e. The van der Waals surface area contributed by atoms with Crippen LogP contribution in [0.15, 0.2) is 6.20 Å².